The van der Waals surface area contributed by atoms with Crippen LogP contribution in [0.15, 0.2) is 6.07 Å². The summed E-state index contributed by atoms with van der Waals surface area (Å²) in [4.78, 5) is 10.9. The maximum atomic E-state index is 5.87. The molecular formula is C14H26N4O2. The fourth-order valence-corrected chi connectivity index (χ4v) is 1.88. The molecule has 1 aromatic heterocycles. The molecule has 20 heavy (non-hydrogen) atoms. The standard InChI is InChI=1S/C14H26N4O2/c1-5-11(3)18(7-8-19-4)14-9-12(15)16-13(17-14)10-20-6-2/h9,11H,5-8,10H2,1-4H3,(H2,15,16,17). The van der Waals surface area contributed by atoms with Gasteiger partial charge in [0.2, 0.25) is 0 Å². The molecule has 0 aliphatic heterocycles. The lowest BCUT2D eigenvalue weighted by molar-refractivity contribution is 0.128. The molecule has 0 aromatic carbocycles. The van der Waals surface area contributed by atoms with E-state index in [1.807, 2.05) is 6.92 Å². The zero-order chi connectivity index (χ0) is 15.0. The molecule has 0 saturated carbocycles. The first-order chi connectivity index (χ1) is 9.62. The summed E-state index contributed by atoms with van der Waals surface area (Å²) in [7, 11) is 1.70. The Hall–Kier alpha value is -1.40. The van der Waals surface area contributed by atoms with Crippen molar-refractivity contribution in [1.82, 2.24) is 9.97 Å². The Morgan fingerprint density at radius 2 is 2.10 bits per heavy atom. The molecule has 0 radical (unpaired) electrons. The number of methoxy groups -OCH3 is 1. The van der Waals surface area contributed by atoms with Crippen LogP contribution in [0, 0.1) is 0 Å². The van der Waals surface area contributed by atoms with E-state index in [9.17, 15) is 0 Å². The minimum absolute atomic E-state index is 0.361. The first kappa shape index (κ1) is 16.7. The van der Waals surface area contributed by atoms with E-state index in [1.165, 1.54) is 0 Å². The summed E-state index contributed by atoms with van der Waals surface area (Å²) < 4.78 is 10.5. The molecule has 0 aliphatic rings. The number of rotatable bonds is 9. The minimum atomic E-state index is 0.361. The Kier molecular flexibility index (Phi) is 7.25. The quantitative estimate of drug-likeness (QED) is 0.745. The third-order valence-electron chi connectivity index (χ3n) is 3.17. The smallest absolute Gasteiger partial charge is 0.158 e. The Balaban J connectivity index is 2.95. The summed E-state index contributed by atoms with van der Waals surface area (Å²) in [6, 6.07) is 2.16. The van der Waals surface area contributed by atoms with E-state index in [2.05, 4.69) is 28.7 Å². The zero-order valence-corrected chi connectivity index (χ0v) is 12.9. The Morgan fingerprint density at radius 1 is 1.35 bits per heavy atom. The summed E-state index contributed by atoms with van der Waals surface area (Å²) in [5, 5.41) is 0. The van der Waals surface area contributed by atoms with Crippen molar-refractivity contribution in [3.8, 4) is 0 Å². The molecule has 114 valence electrons. The summed E-state index contributed by atoms with van der Waals surface area (Å²) in [6.07, 6.45) is 1.02. The van der Waals surface area contributed by atoms with Crippen LogP contribution in [-0.4, -0.2) is 42.9 Å². The van der Waals surface area contributed by atoms with Crippen LogP contribution in [0.3, 0.4) is 0 Å². The van der Waals surface area contributed by atoms with Gasteiger partial charge < -0.3 is 20.1 Å². The summed E-state index contributed by atoms with van der Waals surface area (Å²) in [5.41, 5.74) is 5.87. The zero-order valence-electron chi connectivity index (χ0n) is 12.9. The number of nitrogens with zero attached hydrogens (tertiary/aromatic N) is 3. The van der Waals surface area contributed by atoms with Crippen molar-refractivity contribution in [1.29, 1.82) is 0 Å². The molecule has 6 heteroatoms. The van der Waals surface area contributed by atoms with Crippen LogP contribution in [0.1, 0.15) is 33.0 Å². The highest BCUT2D eigenvalue weighted by Gasteiger charge is 2.16. The van der Waals surface area contributed by atoms with Crippen molar-refractivity contribution in [3.05, 3.63) is 11.9 Å². The lowest BCUT2D eigenvalue weighted by Gasteiger charge is -2.29. The molecule has 0 aliphatic carbocycles. The number of ether oxygens (including phenoxy) is 2. The monoisotopic (exact) mass is 282 g/mol. The van der Waals surface area contributed by atoms with E-state index in [0.717, 1.165) is 18.8 Å². The van der Waals surface area contributed by atoms with Crippen molar-refractivity contribution in [2.24, 2.45) is 0 Å². The second-order valence-corrected chi connectivity index (χ2v) is 4.65. The van der Waals surface area contributed by atoms with Gasteiger partial charge in [0.05, 0.1) is 6.61 Å². The topological polar surface area (TPSA) is 73.5 Å². The van der Waals surface area contributed by atoms with Gasteiger partial charge in [-0.05, 0) is 20.3 Å². The van der Waals surface area contributed by atoms with Crippen molar-refractivity contribution in [2.45, 2.75) is 39.8 Å². The molecule has 1 heterocycles. The molecule has 0 amide bonds. The third-order valence-corrected chi connectivity index (χ3v) is 3.17. The molecule has 6 nitrogen and oxygen atoms in total. The second-order valence-electron chi connectivity index (χ2n) is 4.65. The van der Waals surface area contributed by atoms with Crippen molar-refractivity contribution in [2.75, 3.05) is 37.5 Å². The molecule has 1 unspecified atom stereocenters. The van der Waals surface area contributed by atoms with Gasteiger partial charge in [-0.25, -0.2) is 9.97 Å². The Morgan fingerprint density at radius 3 is 2.70 bits per heavy atom. The predicted molar refractivity (Wildman–Crippen MR) is 80.7 cm³/mol. The minimum Gasteiger partial charge on any atom is -0.384 e. The number of anilines is 2. The number of hydrogen-bond acceptors (Lipinski definition) is 6. The van der Waals surface area contributed by atoms with Gasteiger partial charge in [0.25, 0.3) is 0 Å². The third kappa shape index (κ3) is 4.94. The largest absolute Gasteiger partial charge is 0.384 e. The molecule has 0 spiro atoms. The molecule has 1 atom stereocenters. The fourth-order valence-electron chi connectivity index (χ4n) is 1.88. The second kappa shape index (κ2) is 8.71. The number of nitrogens with two attached hydrogens (primary N) is 1. The van der Waals surface area contributed by atoms with Crippen molar-refractivity contribution < 1.29 is 9.47 Å². The van der Waals surface area contributed by atoms with Crippen LogP contribution in [0.5, 0.6) is 0 Å². The van der Waals surface area contributed by atoms with Crippen LogP contribution < -0.4 is 10.6 Å². The lowest BCUT2D eigenvalue weighted by atomic mass is 10.2. The Labute approximate surface area is 121 Å². The van der Waals surface area contributed by atoms with Gasteiger partial charge in [0.1, 0.15) is 18.2 Å². The first-order valence-electron chi connectivity index (χ1n) is 7.09. The number of nitrogen functional groups attached to an aromatic ring is 1. The van der Waals surface area contributed by atoms with Crippen LogP contribution in [0.25, 0.3) is 0 Å². The number of hydrogen-bond donors (Lipinski definition) is 1. The molecule has 1 rings (SSSR count). The lowest BCUT2D eigenvalue weighted by Crippen LogP contribution is -2.36. The summed E-state index contributed by atoms with van der Waals surface area (Å²) >= 11 is 0. The fraction of sp³-hybridized carbons (Fsp3) is 0.714. The molecule has 1 aromatic rings. The van der Waals surface area contributed by atoms with Crippen LogP contribution in [-0.2, 0) is 16.1 Å². The first-order valence-corrected chi connectivity index (χ1v) is 7.09. The summed E-state index contributed by atoms with van der Waals surface area (Å²) in [5.74, 6) is 1.92. The highest BCUT2D eigenvalue weighted by atomic mass is 16.5. The van der Waals surface area contributed by atoms with E-state index in [4.69, 9.17) is 15.2 Å². The molecule has 0 saturated heterocycles. The normalized spacial score (nSPS) is 12.4. The van der Waals surface area contributed by atoms with Gasteiger partial charge in [-0.1, -0.05) is 6.92 Å². The van der Waals surface area contributed by atoms with E-state index in [-0.39, 0.29) is 0 Å². The Bertz CT molecular complexity index is 401. The highest BCUT2D eigenvalue weighted by molar-refractivity contribution is 5.47. The summed E-state index contributed by atoms with van der Waals surface area (Å²) in [6.45, 7) is 8.69. The van der Waals surface area contributed by atoms with E-state index in [0.29, 0.717) is 37.5 Å². The van der Waals surface area contributed by atoms with E-state index >= 15 is 0 Å². The molecule has 0 fully saturated rings. The van der Waals surface area contributed by atoms with Gasteiger partial charge in [-0.3, -0.25) is 0 Å². The maximum absolute atomic E-state index is 5.87. The predicted octanol–water partition coefficient (Wildman–Crippen LogP) is 1.85. The van der Waals surface area contributed by atoms with E-state index in [1.54, 1.807) is 13.2 Å². The van der Waals surface area contributed by atoms with Gasteiger partial charge in [0, 0.05) is 32.4 Å². The van der Waals surface area contributed by atoms with Gasteiger partial charge in [-0.2, -0.15) is 0 Å². The maximum Gasteiger partial charge on any atom is 0.158 e. The van der Waals surface area contributed by atoms with Crippen LogP contribution in [0.2, 0.25) is 0 Å². The molecular weight excluding hydrogens is 256 g/mol. The van der Waals surface area contributed by atoms with Crippen molar-refractivity contribution in [3.63, 3.8) is 0 Å². The number of aromatic nitrogens is 2. The molecule has 0 bridgehead atoms. The van der Waals surface area contributed by atoms with Gasteiger partial charge >= 0.3 is 0 Å². The highest BCUT2D eigenvalue weighted by Crippen LogP contribution is 2.18. The average molecular weight is 282 g/mol. The van der Waals surface area contributed by atoms with E-state index < -0.39 is 0 Å². The van der Waals surface area contributed by atoms with Crippen LogP contribution in [0.4, 0.5) is 11.6 Å². The SMILES string of the molecule is CCOCc1nc(N)cc(N(CCOC)C(C)CC)n1. The van der Waals surface area contributed by atoms with Crippen LogP contribution >= 0.6 is 0 Å². The molecule has 2 N–H and O–H groups in total. The van der Waals surface area contributed by atoms with Gasteiger partial charge in [0.15, 0.2) is 5.82 Å². The van der Waals surface area contributed by atoms with Crippen molar-refractivity contribution >= 4 is 11.6 Å². The van der Waals surface area contributed by atoms with Gasteiger partial charge in [-0.15, -0.1) is 0 Å². The average Bonchev–Trinajstić information content (AvgIpc) is 2.44.